The van der Waals surface area contributed by atoms with Crippen molar-refractivity contribution in [1.29, 1.82) is 0 Å². The van der Waals surface area contributed by atoms with E-state index in [1.807, 2.05) is 0 Å². The standard InChI is InChI=1S/C14H10ClN3O3S2/c15-10-1-3-11(4-2-10)18-23(20,21)14-7-9(8-22-14)12-5-6-13(19)17-16-12/h1-8,18H,(H,17,19). The van der Waals surface area contributed by atoms with Gasteiger partial charge >= 0.3 is 0 Å². The molecule has 2 aromatic heterocycles. The molecule has 0 aliphatic heterocycles. The van der Waals surface area contributed by atoms with Crippen LogP contribution in [0.2, 0.25) is 5.02 Å². The zero-order valence-corrected chi connectivity index (χ0v) is 13.9. The van der Waals surface area contributed by atoms with Gasteiger partial charge in [0.2, 0.25) is 0 Å². The lowest BCUT2D eigenvalue weighted by molar-refractivity contribution is 0.603. The Hall–Kier alpha value is -2.16. The van der Waals surface area contributed by atoms with Gasteiger partial charge in [0.1, 0.15) is 4.21 Å². The summed E-state index contributed by atoms with van der Waals surface area (Å²) in [5.74, 6) is 0. The highest BCUT2D eigenvalue weighted by Gasteiger charge is 2.18. The first-order valence-electron chi connectivity index (χ1n) is 6.37. The van der Waals surface area contributed by atoms with Crippen LogP contribution in [0.4, 0.5) is 5.69 Å². The van der Waals surface area contributed by atoms with Crippen LogP contribution in [0, 0.1) is 0 Å². The fraction of sp³-hybridized carbons (Fsp3) is 0. The summed E-state index contributed by atoms with van der Waals surface area (Å²) in [6, 6.07) is 10.7. The molecule has 0 fully saturated rings. The van der Waals surface area contributed by atoms with Gasteiger partial charge in [0.05, 0.1) is 5.69 Å². The van der Waals surface area contributed by atoms with Crippen LogP contribution < -0.4 is 10.3 Å². The molecule has 2 heterocycles. The van der Waals surface area contributed by atoms with Crippen LogP contribution in [0.25, 0.3) is 11.3 Å². The van der Waals surface area contributed by atoms with Crippen LogP contribution in [-0.2, 0) is 10.0 Å². The average Bonchev–Trinajstić information content (AvgIpc) is 3.01. The van der Waals surface area contributed by atoms with Gasteiger partial charge in [0, 0.05) is 27.7 Å². The fourth-order valence-electron chi connectivity index (χ4n) is 1.82. The summed E-state index contributed by atoms with van der Waals surface area (Å²) >= 11 is 6.84. The second-order valence-electron chi connectivity index (χ2n) is 4.57. The largest absolute Gasteiger partial charge is 0.279 e. The third kappa shape index (κ3) is 3.61. The van der Waals surface area contributed by atoms with Gasteiger partial charge in [0.15, 0.2) is 0 Å². The third-order valence-corrected chi connectivity index (χ3v) is 5.98. The maximum Gasteiger partial charge on any atom is 0.271 e. The van der Waals surface area contributed by atoms with E-state index in [1.165, 1.54) is 18.2 Å². The Morgan fingerprint density at radius 1 is 1.13 bits per heavy atom. The first-order valence-corrected chi connectivity index (χ1v) is 9.11. The van der Waals surface area contributed by atoms with Crippen LogP contribution in [0.1, 0.15) is 0 Å². The number of hydrogen-bond donors (Lipinski definition) is 2. The van der Waals surface area contributed by atoms with Gasteiger partial charge in [-0.25, -0.2) is 13.5 Å². The van der Waals surface area contributed by atoms with Crippen LogP contribution in [-0.4, -0.2) is 18.6 Å². The van der Waals surface area contributed by atoms with Crippen molar-refractivity contribution in [2.75, 3.05) is 4.72 Å². The van der Waals surface area contributed by atoms with Gasteiger partial charge in [-0.1, -0.05) is 11.6 Å². The molecule has 0 bridgehead atoms. The number of aromatic nitrogens is 2. The van der Waals surface area contributed by atoms with E-state index < -0.39 is 10.0 Å². The highest BCUT2D eigenvalue weighted by Crippen LogP contribution is 2.28. The molecule has 0 aliphatic rings. The predicted molar refractivity (Wildman–Crippen MR) is 90.4 cm³/mol. The van der Waals surface area contributed by atoms with Crippen molar-refractivity contribution < 1.29 is 8.42 Å². The van der Waals surface area contributed by atoms with Crippen molar-refractivity contribution in [3.63, 3.8) is 0 Å². The molecule has 0 saturated carbocycles. The lowest BCUT2D eigenvalue weighted by atomic mass is 10.2. The quantitative estimate of drug-likeness (QED) is 0.741. The van der Waals surface area contributed by atoms with E-state index >= 15 is 0 Å². The molecule has 0 radical (unpaired) electrons. The van der Waals surface area contributed by atoms with Crippen molar-refractivity contribution in [2.45, 2.75) is 4.21 Å². The summed E-state index contributed by atoms with van der Waals surface area (Å²) in [5.41, 5.74) is 1.21. The molecule has 1 aromatic carbocycles. The minimum absolute atomic E-state index is 0.149. The maximum atomic E-state index is 12.4. The number of hydrogen-bond acceptors (Lipinski definition) is 5. The Kier molecular flexibility index (Phi) is 4.20. The Labute approximate surface area is 140 Å². The lowest BCUT2D eigenvalue weighted by Gasteiger charge is -2.05. The molecule has 9 heteroatoms. The van der Waals surface area contributed by atoms with Crippen molar-refractivity contribution in [3.8, 4) is 11.3 Å². The SMILES string of the molecule is O=c1ccc(-c2csc(S(=O)(=O)Nc3ccc(Cl)cc3)c2)n[nH]1. The first kappa shape index (κ1) is 15.7. The Balaban J connectivity index is 1.87. The molecule has 0 atom stereocenters. The summed E-state index contributed by atoms with van der Waals surface area (Å²) in [7, 11) is -3.70. The molecule has 0 saturated heterocycles. The van der Waals surface area contributed by atoms with Gasteiger partial charge in [0.25, 0.3) is 15.6 Å². The summed E-state index contributed by atoms with van der Waals surface area (Å²) in [4.78, 5) is 11.0. The van der Waals surface area contributed by atoms with Gasteiger partial charge in [-0.15, -0.1) is 11.3 Å². The van der Waals surface area contributed by atoms with Gasteiger partial charge < -0.3 is 0 Å². The molecule has 6 nitrogen and oxygen atoms in total. The topological polar surface area (TPSA) is 91.9 Å². The van der Waals surface area contributed by atoms with Gasteiger partial charge in [-0.05, 0) is 36.4 Å². The number of nitrogens with one attached hydrogen (secondary N) is 2. The minimum Gasteiger partial charge on any atom is -0.279 e. The first-order chi connectivity index (χ1) is 10.9. The summed E-state index contributed by atoms with van der Waals surface area (Å²) in [6.45, 7) is 0. The number of rotatable bonds is 4. The molecule has 2 N–H and O–H groups in total. The highest BCUT2D eigenvalue weighted by atomic mass is 35.5. The molecule has 0 aliphatic carbocycles. The van der Waals surface area contributed by atoms with Crippen LogP contribution in [0.3, 0.4) is 0 Å². The monoisotopic (exact) mass is 367 g/mol. The number of thiophene rings is 1. The van der Waals surface area contributed by atoms with E-state index in [0.29, 0.717) is 22.0 Å². The number of benzene rings is 1. The molecular formula is C14H10ClN3O3S2. The number of sulfonamides is 1. The molecule has 118 valence electrons. The molecule has 0 unspecified atom stereocenters. The number of halogens is 1. The van der Waals surface area contributed by atoms with E-state index in [2.05, 4.69) is 14.9 Å². The Morgan fingerprint density at radius 3 is 2.52 bits per heavy atom. The summed E-state index contributed by atoms with van der Waals surface area (Å²) in [5, 5.41) is 8.38. The zero-order valence-electron chi connectivity index (χ0n) is 11.5. The van der Waals surface area contributed by atoms with Crippen molar-refractivity contribution >= 4 is 38.6 Å². The second kappa shape index (κ2) is 6.15. The van der Waals surface area contributed by atoms with Crippen molar-refractivity contribution in [3.05, 3.63) is 63.2 Å². The predicted octanol–water partition coefficient (Wildman–Crippen LogP) is 2.95. The van der Waals surface area contributed by atoms with E-state index in [-0.39, 0.29) is 9.77 Å². The zero-order chi connectivity index (χ0) is 16.4. The van der Waals surface area contributed by atoms with E-state index in [0.717, 1.165) is 11.3 Å². The number of H-pyrrole nitrogens is 1. The van der Waals surface area contributed by atoms with E-state index in [1.54, 1.807) is 29.6 Å². The third-order valence-electron chi connectivity index (χ3n) is 2.91. The van der Waals surface area contributed by atoms with Gasteiger partial charge in [-0.3, -0.25) is 9.52 Å². The Bertz CT molecular complexity index is 974. The Morgan fingerprint density at radius 2 is 1.87 bits per heavy atom. The normalized spacial score (nSPS) is 11.3. The number of anilines is 1. The van der Waals surface area contributed by atoms with Crippen LogP contribution in [0.5, 0.6) is 0 Å². The molecule has 0 amide bonds. The highest BCUT2D eigenvalue weighted by molar-refractivity contribution is 7.94. The van der Waals surface area contributed by atoms with Crippen LogP contribution in [0.15, 0.2) is 56.8 Å². The lowest BCUT2D eigenvalue weighted by Crippen LogP contribution is -2.11. The molecule has 3 rings (SSSR count). The number of aromatic amines is 1. The average molecular weight is 368 g/mol. The van der Waals surface area contributed by atoms with Gasteiger partial charge in [-0.2, -0.15) is 5.10 Å². The van der Waals surface area contributed by atoms with Crippen molar-refractivity contribution in [1.82, 2.24) is 10.2 Å². The van der Waals surface area contributed by atoms with Crippen molar-refractivity contribution in [2.24, 2.45) is 0 Å². The minimum atomic E-state index is -3.70. The fourth-order valence-corrected chi connectivity index (χ4v) is 4.18. The van der Waals surface area contributed by atoms with Crippen LogP contribution >= 0.6 is 22.9 Å². The summed E-state index contributed by atoms with van der Waals surface area (Å²) < 4.78 is 27.4. The maximum absolute atomic E-state index is 12.4. The van der Waals surface area contributed by atoms with E-state index in [9.17, 15) is 13.2 Å². The molecular weight excluding hydrogens is 358 g/mol. The second-order valence-corrected chi connectivity index (χ2v) is 7.83. The molecule has 0 spiro atoms. The number of nitrogens with zero attached hydrogens (tertiary/aromatic N) is 1. The molecule has 3 aromatic rings. The van der Waals surface area contributed by atoms with E-state index in [4.69, 9.17) is 11.6 Å². The smallest absolute Gasteiger partial charge is 0.271 e. The molecule has 23 heavy (non-hydrogen) atoms. The summed E-state index contributed by atoms with van der Waals surface area (Å²) in [6.07, 6.45) is 0.